The molecule has 0 aliphatic carbocycles. The zero-order valence-corrected chi connectivity index (χ0v) is 16.8. The Morgan fingerprint density at radius 3 is 2.70 bits per heavy atom. The minimum atomic E-state index is -0.698. The molecule has 7 heteroatoms. The Morgan fingerprint density at radius 1 is 1.10 bits per heavy atom. The highest BCUT2D eigenvalue weighted by atomic mass is 16.3. The predicted molar refractivity (Wildman–Crippen MR) is 118 cm³/mol. The van der Waals surface area contributed by atoms with Crippen LogP contribution in [0.2, 0.25) is 0 Å². The van der Waals surface area contributed by atoms with E-state index in [1.807, 2.05) is 50.4 Å². The minimum absolute atomic E-state index is 0.0493. The first-order chi connectivity index (χ1) is 14.5. The average molecular weight is 402 g/mol. The number of rotatable bonds is 5. The molecule has 2 aromatic carbocycles. The third-order valence-electron chi connectivity index (χ3n) is 5.28. The lowest BCUT2D eigenvalue weighted by atomic mass is 10.1. The lowest BCUT2D eigenvalue weighted by Gasteiger charge is -2.11. The standard InChI is InChI=1S/C23H22N4O3/c1-14-7-8-17(11-15(14)2)27-22(29)19(21(28)26-23(27)30)13-24-10-9-16-12-25-20-6-4-3-5-18(16)20/h3-8,11-13,25,29H,9-10H2,1-2H3,(H,26,28,30). The van der Waals surface area contributed by atoms with Gasteiger partial charge in [-0.2, -0.15) is 0 Å². The minimum Gasteiger partial charge on any atom is -0.493 e. The Kier molecular flexibility index (Phi) is 5.10. The molecule has 0 aliphatic heterocycles. The molecule has 0 spiro atoms. The van der Waals surface area contributed by atoms with E-state index >= 15 is 0 Å². The molecule has 4 aromatic rings. The molecule has 0 amide bonds. The highest BCUT2D eigenvalue weighted by Gasteiger charge is 2.14. The van der Waals surface area contributed by atoms with E-state index in [1.165, 1.54) is 6.21 Å². The summed E-state index contributed by atoms with van der Waals surface area (Å²) < 4.78 is 1.08. The summed E-state index contributed by atoms with van der Waals surface area (Å²) in [6, 6.07) is 13.4. The lowest BCUT2D eigenvalue weighted by Crippen LogP contribution is -2.31. The van der Waals surface area contributed by atoms with Gasteiger partial charge in [-0.15, -0.1) is 0 Å². The number of aliphatic imine (C=N–C) groups is 1. The smallest absolute Gasteiger partial charge is 0.335 e. The van der Waals surface area contributed by atoms with Crippen molar-refractivity contribution in [1.82, 2.24) is 14.5 Å². The molecule has 0 saturated carbocycles. The number of benzene rings is 2. The Morgan fingerprint density at radius 2 is 1.90 bits per heavy atom. The third kappa shape index (κ3) is 3.57. The van der Waals surface area contributed by atoms with Crippen LogP contribution < -0.4 is 11.2 Å². The van der Waals surface area contributed by atoms with E-state index < -0.39 is 17.1 Å². The fourth-order valence-corrected chi connectivity index (χ4v) is 3.44. The summed E-state index contributed by atoms with van der Waals surface area (Å²) in [6.45, 7) is 4.31. The summed E-state index contributed by atoms with van der Waals surface area (Å²) >= 11 is 0. The van der Waals surface area contributed by atoms with E-state index in [9.17, 15) is 14.7 Å². The van der Waals surface area contributed by atoms with Crippen LogP contribution in [0, 0.1) is 13.8 Å². The molecule has 0 atom stereocenters. The maximum atomic E-state index is 12.3. The van der Waals surface area contributed by atoms with E-state index in [0.717, 1.165) is 32.2 Å². The Bertz CT molecular complexity index is 1380. The fourth-order valence-electron chi connectivity index (χ4n) is 3.44. The molecule has 2 aromatic heterocycles. The number of aryl methyl sites for hydroxylation is 2. The topological polar surface area (TPSA) is 103 Å². The average Bonchev–Trinajstić information content (AvgIpc) is 3.13. The molecule has 7 nitrogen and oxygen atoms in total. The molecule has 0 radical (unpaired) electrons. The first-order valence-corrected chi connectivity index (χ1v) is 9.66. The van der Waals surface area contributed by atoms with Crippen molar-refractivity contribution in [3.63, 3.8) is 0 Å². The normalized spacial score (nSPS) is 11.5. The highest BCUT2D eigenvalue weighted by Crippen LogP contribution is 2.19. The predicted octanol–water partition coefficient (Wildman–Crippen LogP) is 2.99. The second kappa shape index (κ2) is 7.87. The second-order valence-corrected chi connectivity index (χ2v) is 7.25. The van der Waals surface area contributed by atoms with Gasteiger partial charge >= 0.3 is 5.69 Å². The molecule has 152 valence electrons. The fraction of sp³-hybridized carbons (Fsp3) is 0.174. The van der Waals surface area contributed by atoms with E-state index in [1.54, 1.807) is 12.1 Å². The molecule has 2 heterocycles. The molecule has 4 rings (SSSR count). The number of para-hydroxylation sites is 1. The number of aromatic amines is 2. The second-order valence-electron chi connectivity index (χ2n) is 7.25. The lowest BCUT2D eigenvalue weighted by molar-refractivity contribution is 0.430. The van der Waals surface area contributed by atoms with Gasteiger partial charge in [0, 0.05) is 29.9 Å². The van der Waals surface area contributed by atoms with Crippen LogP contribution in [0.25, 0.3) is 16.6 Å². The van der Waals surface area contributed by atoms with Gasteiger partial charge in [0.15, 0.2) is 0 Å². The van der Waals surface area contributed by atoms with Crippen LogP contribution in [0.1, 0.15) is 22.3 Å². The van der Waals surface area contributed by atoms with Crippen molar-refractivity contribution in [3.8, 4) is 11.6 Å². The summed E-state index contributed by atoms with van der Waals surface area (Å²) in [5.41, 5.74) is 3.28. The maximum Gasteiger partial charge on any atom is 0.335 e. The van der Waals surface area contributed by atoms with Crippen molar-refractivity contribution in [3.05, 3.63) is 91.8 Å². The highest BCUT2D eigenvalue weighted by molar-refractivity contribution is 5.83. The molecule has 0 fully saturated rings. The van der Waals surface area contributed by atoms with Gasteiger partial charge in [0.25, 0.3) is 5.56 Å². The van der Waals surface area contributed by atoms with Crippen molar-refractivity contribution in [2.24, 2.45) is 4.99 Å². The van der Waals surface area contributed by atoms with Gasteiger partial charge in [-0.1, -0.05) is 24.3 Å². The summed E-state index contributed by atoms with van der Waals surface area (Å²) in [7, 11) is 0. The summed E-state index contributed by atoms with van der Waals surface area (Å²) in [5, 5.41) is 11.8. The van der Waals surface area contributed by atoms with Gasteiger partial charge in [0.1, 0.15) is 5.56 Å². The Hall–Kier alpha value is -3.87. The SMILES string of the molecule is Cc1ccc(-n2c(O)c(C=NCCc3c[nH]c4ccccc34)c(=O)[nH]c2=O)cc1C. The van der Waals surface area contributed by atoms with Gasteiger partial charge in [-0.05, 0) is 55.2 Å². The third-order valence-corrected chi connectivity index (χ3v) is 5.28. The van der Waals surface area contributed by atoms with E-state index in [0.29, 0.717) is 18.7 Å². The van der Waals surface area contributed by atoms with Gasteiger partial charge in [0.05, 0.1) is 5.69 Å². The molecule has 0 aliphatic rings. The summed E-state index contributed by atoms with van der Waals surface area (Å²) in [6.07, 6.45) is 3.94. The first kappa shape index (κ1) is 19.4. The molecular weight excluding hydrogens is 380 g/mol. The van der Waals surface area contributed by atoms with E-state index in [4.69, 9.17) is 0 Å². The number of hydrogen-bond donors (Lipinski definition) is 3. The molecule has 30 heavy (non-hydrogen) atoms. The van der Waals surface area contributed by atoms with Crippen molar-refractivity contribution >= 4 is 17.1 Å². The summed E-state index contributed by atoms with van der Waals surface area (Å²) in [4.78, 5) is 34.3. The van der Waals surface area contributed by atoms with Crippen molar-refractivity contribution in [2.75, 3.05) is 6.54 Å². The number of aromatic nitrogens is 3. The molecule has 0 unspecified atom stereocenters. The van der Waals surface area contributed by atoms with Crippen LogP contribution in [0.5, 0.6) is 5.88 Å². The van der Waals surface area contributed by atoms with Gasteiger partial charge in [0.2, 0.25) is 5.88 Å². The van der Waals surface area contributed by atoms with Crippen molar-refractivity contribution in [1.29, 1.82) is 0 Å². The zero-order valence-electron chi connectivity index (χ0n) is 16.8. The van der Waals surface area contributed by atoms with Crippen molar-refractivity contribution < 1.29 is 5.11 Å². The van der Waals surface area contributed by atoms with E-state index in [-0.39, 0.29) is 5.56 Å². The van der Waals surface area contributed by atoms with Crippen LogP contribution in [0.3, 0.4) is 0 Å². The number of aromatic hydroxyl groups is 1. The molecule has 0 saturated heterocycles. The van der Waals surface area contributed by atoms with Gasteiger partial charge in [-0.3, -0.25) is 14.8 Å². The first-order valence-electron chi connectivity index (χ1n) is 9.66. The van der Waals surface area contributed by atoms with Crippen molar-refractivity contribution in [2.45, 2.75) is 20.3 Å². The van der Waals surface area contributed by atoms with Crippen LogP contribution in [-0.4, -0.2) is 32.4 Å². The van der Waals surface area contributed by atoms with Crippen LogP contribution >= 0.6 is 0 Å². The Labute approximate surface area is 172 Å². The molecule has 3 N–H and O–H groups in total. The number of fused-ring (bicyclic) bond motifs is 1. The summed E-state index contributed by atoms with van der Waals surface area (Å²) in [5.74, 6) is -0.428. The monoisotopic (exact) mass is 402 g/mol. The number of hydrogen-bond acceptors (Lipinski definition) is 4. The molecular formula is C23H22N4O3. The van der Waals surface area contributed by atoms with Gasteiger partial charge in [-0.25, -0.2) is 9.36 Å². The van der Waals surface area contributed by atoms with Crippen LogP contribution in [0.15, 0.2) is 63.2 Å². The zero-order chi connectivity index (χ0) is 21.3. The van der Waals surface area contributed by atoms with E-state index in [2.05, 4.69) is 15.0 Å². The maximum absolute atomic E-state index is 12.3. The van der Waals surface area contributed by atoms with Crippen LogP contribution in [-0.2, 0) is 6.42 Å². The quantitative estimate of drug-likeness (QED) is 0.447. The van der Waals surface area contributed by atoms with Crippen LogP contribution in [0.4, 0.5) is 0 Å². The number of nitrogens with zero attached hydrogens (tertiary/aromatic N) is 2. The Balaban J connectivity index is 1.61. The number of nitrogens with one attached hydrogen (secondary N) is 2. The van der Waals surface area contributed by atoms with Gasteiger partial charge < -0.3 is 10.1 Å². The molecule has 0 bridgehead atoms. The number of H-pyrrole nitrogens is 2. The largest absolute Gasteiger partial charge is 0.493 e.